The Kier molecular flexibility index (Phi) is 7.41. The first-order valence-corrected chi connectivity index (χ1v) is 10.7. The van der Waals surface area contributed by atoms with E-state index in [2.05, 4.69) is 15.9 Å². The van der Waals surface area contributed by atoms with Crippen LogP contribution in [0.1, 0.15) is 35.7 Å². The lowest BCUT2D eigenvalue weighted by Crippen LogP contribution is -2.25. The van der Waals surface area contributed by atoms with E-state index in [1.54, 1.807) is 56.3 Å². The minimum atomic E-state index is -0.869. The van der Waals surface area contributed by atoms with Gasteiger partial charge in [-0.2, -0.15) is 5.26 Å². The van der Waals surface area contributed by atoms with Crippen LogP contribution in [0.2, 0.25) is 0 Å². The van der Waals surface area contributed by atoms with Gasteiger partial charge in [0.25, 0.3) is 0 Å². The van der Waals surface area contributed by atoms with E-state index in [4.69, 9.17) is 24.7 Å². The summed E-state index contributed by atoms with van der Waals surface area (Å²) in [6, 6.07) is 13.7. The van der Waals surface area contributed by atoms with Gasteiger partial charge < -0.3 is 24.7 Å². The molecule has 1 atom stereocenters. The van der Waals surface area contributed by atoms with Gasteiger partial charge in [-0.25, -0.2) is 9.59 Å². The zero-order valence-corrected chi connectivity index (χ0v) is 19.8. The number of rotatable bonds is 6. The molecule has 33 heavy (non-hydrogen) atoms. The van der Waals surface area contributed by atoms with Gasteiger partial charge >= 0.3 is 11.9 Å². The molecular formula is C24H21BrN2O6. The van der Waals surface area contributed by atoms with Crippen molar-refractivity contribution in [3.05, 3.63) is 80.9 Å². The monoisotopic (exact) mass is 512 g/mol. The molecule has 0 radical (unpaired) electrons. The SMILES string of the molecule is CCOC(=O)C1=C(C)OC(N)=C(C#N)C1c1cc(Br)c(OC(=O)c2ccccc2)c(OC)c1. The first-order chi connectivity index (χ1) is 15.8. The number of benzene rings is 2. The van der Waals surface area contributed by atoms with Crippen molar-refractivity contribution in [3.63, 3.8) is 0 Å². The van der Waals surface area contributed by atoms with Crippen molar-refractivity contribution < 1.29 is 28.5 Å². The third kappa shape index (κ3) is 4.86. The van der Waals surface area contributed by atoms with Gasteiger partial charge in [0, 0.05) is 0 Å². The van der Waals surface area contributed by atoms with Crippen LogP contribution in [0.25, 0.3) is 0 Å². The van der Waals surface area contributed by atoms with Gasteiger partial charge in [-0.3, -0.25) is 0 Å². The summed E-state index contributed by atoms with van der Waals surface area (Å²) >= 11 is 3.42. The number of nitrogens with two attached hydrogens (primary N) is 1. The van der Waals surface area contributed by atoms with Gasteiger partial charge in [0.2, 0.25) is 5.88 Å². The molecule has 0 aromatic heterocycles. The van der Waals surface area contributed by atoms with Gasteiger partial charge in [-0.15, -0.1) is 0 Å². The molecule has 0 amide bonds. The fourth-order valence-corrected chi connectivity index (χ4v) is 3.96. The lowest BCUT2D eigenvalue weighted by molar-refractivity contribution is -0.139. The summed E-state index contributed by atoms with van der Waals surface area (Å²) in [6.45, 7) is 3.39. The standard InChI is InChI=1S/C24H21BrN2O6/c1-4-31-24(29)19-13(2)32-22(27)16(12-26)20(19)15-10-17(25)21(18(11-15)30-3)33-23(28)14-8-6-5-7-9-14/h5-11,20H,4,27H2,1-3H3. The lowest BCUT2D eigenvalue weighted by Gasteiger charge is -2.27. The lowest BCUT2D eigenvalue weighted by atomic mass is 9.83. The number of hydrogen-bond donors (Lipinski definition) is 1. The molecule has 2 aromatic rings. The highest BCUT2D eigenvalue weighted by Crippen LogP contribution is 2.45. The topological polar surface area (TPSA) is 121 Å². The van der Waals surface area contributed by atoms with Gasteiger partial charge in [-0.05, 0) is 59.6 Å². The van der Waals surface area contributed by atoms with Crippen molar-refractivity contribution in [2.24, 2.45) is 5.73 Å². The van der Waals surface area contributed by atoms with Crippen LogP contribution < -0.4 is 15.2 Å². The number of carbonyl (C=O) groups is 2. The van der Waals surface area contributed by atoms with E-state index in [9.17, 15) is 14.9 Å². The third-order valence-corrected chi connectivity index (χ3v) is 5.48. The Hall–Kier alpha value is -3.77. The van der Waals surface area contributed by atoms with Crippen LogP contribution in [0, 0.1) is 11.3 Å². The Morgan fingerprint density at radius 1 is 1.21 bits per heavy atom. The molecule has 1 unspecified atom stereocenters. The molecule has 3 rings (SSSR count). The van der Waals surface area contributed by atoms with Gasteiger partial charge in [-0.1, -0.05) is 18.2 Å². The summed E-state index contributed by atoms with van der Waals surface area (Å²) in [5.74, 6) is -1.59. The maximum atomic E-state index is 12.7. The maximum absolute atomic E-state index is 12.7. The number of carbonyl (C=O) groups excluding carboxylic acids is 2. The molecule has 0 aliphatic carbocycles. The number of nitrogens with zero attached hydrogens (tertiary/aromatic N) is 1. The van der Waals surface area contributed by atoms with Crippen LogP contribution in [0.5, 0.6) is 11.5 Å². The smallest absolute Gasteiger partial charge is 0.343 e. The fraction of sp³-hybridized carbons (Fsp3) is 0.208. The number of hydrogen-bond acceptors (Lipinski definition) is 8. The van der Waals surface area contributed by atoms with Crippen LogP contribution in [-0.2, 0) is 14.3 Å². The third-order valence-electron chi connectivity index (χ3n) is 4.89. The number of halogens is 1. The van der Waals surface area contributed by atoms with Crippen LogP contribution in [-0.4, -0.2) is 25.7 Å². The molecule has 1 aliphatic rings. The zero-order chi connectivity index (χ0) is 24.1. The maximum Gasteiger partial charge on any atom is 0.343 e. The largest absolute Gasteiger partial charge is 0.493 e. The van der Waals surface area contributed by atoms with Crippen molar-refractivity contribution in [2.75, 3.05) is 13.7 Å². The Balaban J connectivity index is 2.10. The number of methoxy groups -OCH3 is 1. The number of ether oxygens (including phenoxy) is 4. The van der Waals surface area contributed by atoms with Crippen molar-refractivity contribution in [3.8, 4) is 17.6 Å². The van der Waals surface area contributed by atoms with E-state index in [0.717, 1.165) is 0 Å². The summed E-state index contributed by atoms with van der Waals surface area (Å²) in [5, 5.41) is 9.75. The molecule has 1 aliphatic heterocycles. The summed E-state index contributed by atoms with van der Waals surface area (Å²) < 4.78 is 22.0. The Bertz CT molecular complexity index is 1200. The molecule has 2 aromatic carbocycles. The summed E-state index contributed by atoms with van der Waals surface area (Å²) in [4.78, 5) is 25.3. The summed E-state index contributed by atoms with van der Waals surface area (Å²) in [5.41, 5.74) is 7.00. The average molecular weight is 513 g/mol. The molecule has 8 nitrogen and oxygen atoms in total. The number of esters is 2. The highest BCUT2D eigenvalue weighted by atomic mass is 79.9. The van der Waals surface area contributed by atoms with E-state index < -0.39 is 17.9 Å². The van der Waals surface area contributed by atoms with E-state index in [0.29, 0.717) is 15.6 Å². The summed E-state index contributed by atoms with van der Waals surface area (Å²) in [7, 11) is 1.41. The van der Waals surface area contributed by atoms with Crippen molar-refractivity contribution >= 4 is 27.9 Å². The Labute approximate surface area is 199 Å². The molecule has 2 N–H and O–H groups in total. The molecule has 0 saturated heterocycles. The number of nitriles is 1. The van der Waals surface area contributed by atoms with Gasteiger partial charge in [0.15, 0.2) is 11.5 Å². The molecule has 0 fully saturated rings. The van der Waals surface area contributed by atoms with E-state index in [1.807, 2.05) is 6.07 Å². The Morgan fingerprint density at radius 2 is 1.91 bits per heavy atom. The second-order valence-electron chi connectivity index (χ2n) is 6.90. The van der Waals surface area contributed by atoms with E-state index in [-0.39, 0.29) is 40.9 Å². The predicted molar refractivity (Wildman–Crippen MR) is 122 cm³/mol. The first-order valence-electron chi connectivity index (χ1n) is 9.92. The average Bonchev–Trinajstić information content (AvgIpc) is 2.80. The van der Waals surface area contributed by atoms with Crippen LogP contribution in [0.3, 0.4) is 0 Å². The quantitative estimate of drug-likeness (QED) is 0.448. The van der Waals surface area contributed by atoms with Crippen molar-refractivity contribution in [2.45, 2.75) is 19.8 Å². The summed E-state index contributed by atoms with van der Waals surface area (Å²) in [6.07, 6.45) is 0. The normalized spacial score (nSPS) is 15.4. The molecule has 0 spiro atoms. The minimum Gasteiger partial charge on any atom is -0.493 e. The highest BCUT2D eigenvalue weighted by molar-refractivity contribution is 9.10. The second kappa shape index (κ2) is 10.2. The van der Waals surface area contributed by atoms with E-state index >= 15 is 0 Å². The molecule has 1 heterocycles. The van der Waals surface area contributed by atoms with E-state index in [1.165, 1.54) is 7.11 Å². The van der Waals surface area contributed by atoms with Gasteiger partial charge in [0.1, 0.15) is 17.4 Å². The molecule has 9 heteroatoms. The van der Waals surface area contributed by atoms with Crippen LogP contribution in [0.4, 0.5) is 0 Å². The molecule has 0 bridgehead atoms. The zero-order valence-electron chi connectivity index (χ0n) is 18.2. The molecule has 0 saturated carbocycles. The van der Waals surface area contributed by atoms with Crippen LogP contribution >= 0.6 is 15.9 Å². The second-order valence-corrected chi connectivity index (χ2v) is 7.76. The predicted octanol–water partition coefficient (Wildman–Crippen LogP) is 4.32. The van der Waals surface area contributed by atoms with Gasteiger partial charge in [0.05, 0.1) is 35.2 Å². The molecule has 170 valence electrons. The first kappa shape index (κ1) is 23.9. The highest BCUT2D eigenvalue weighted by Gasteiger charge is 2.37. The van der Waals surface area contributed by atoms with Crippen LogP contribution in [0.15, 0.2) is 69.7 Å². The molecular weight excluding hydrogens is 492 g/mol. The number of allylic oxidation sites excluding steroid dienone is 2. The fourth-order valence-electron chi connectivity index (χ4n) is 3.42. The minimum absolute atomic E-state index is 0.0478. The van der Waals surface area contributed by atoms with Crippen molar-refractivity contribution in [1.29, 1.82) is 5.26 Å². The van der Waals surface area contributed by atoms with Crippen molar-refractivity contribution in [1.82, 2.24) is 0 Å². The Morgan fingerprint density at radius 3 is 2.52 bits per heavy atom.